The molecule has 86 valence electrons. The summed E-state index contributed by atoms with van der Waals surface area (Å²) in [5, 5.41) is 2.37. The zero-order valence-corrected chi connectivity index (χ0v) is 10.5. The van der Waals surface area contributed by atoms with Gasteiger partial charge in [0.1, 0.15) is 0 Å². The number of aryl methyl sites for hydroxylation is 1. The van der Waals surface area contributed by atoms with Crippen LogP contribution in [0.25, 0.3) is 12.2 Å². The topological polar surface area (TPSA) is 0 Å². The maximum Gasteiger partial charge on any atom is -0.0152 e. The summed E-state index contributed by atoms with van der Waals surface area (Å²) < 4.78 is 0. The molecule has 0 aromatic heterocycles. The highest BCUT2D eigenvalue weighted by Crippen LogP contribution is 2.18. The van der Waals surface area contributed by atoms with Crippen molar-refractivity contribution >= 4 is 12.2 Å². The van der Waals surface area contributed by atoms with Gasteiger partial charge in [-0.25, -0.2) is 0 Å². The van der Waals surface area contributed by atoms with Crippen LogP contribution in [-0.4, -0.2) is 0 Å². The third kappa shape index (κ3) is 2.31. The Morgan fingerprint density at radius 1 is 1.00 bits per heavy atom. The predicted molar refractivity (Wildman–Crippen MR) is 75.2 cm³/mol. The van der Waals surface area contributed by atoms with E-state index in [-0.39, 0.29) is 0 Å². The first-order valence-corrected chi connectivity index (χ1v) is 6.07. The second-order valence-electron chi connectivity index (χ2n) is 4.30. The molecule has 0 bridgehead atoms. The van der Waals surface area contributed by atoms with Crippen molar-refractivity contribution in [3.8, 4) is 0 Å². The molecule has 2 rings (SSSR count). The lowest BCUT2D eigenvalue weighted by molar-refractivity contribution is 1.20. The van der Waals surface area contributed by atoms with Crippen LogP contribution in [0.3, 0.4) is 0 Å². The Kier molecular flexibility index (Phi) is 3.43. The van der Waals surface area contributed by atoms with E-state index in [4.69, 9.17) is 0 Å². The van der Waals surface area contributed by atoms with Gasteiger partial charge in [-0.3, -0.25) is 0 Å². The molecule has 0 nitrogen and oxygen atoms in total. The third-order valence-electron chi connectivity index (χ3n) is 3.17. The maximum atomic E-state index is 4.12. The van der Waals surface area contributed by atoms with Crippen LogP contribution in [0.2, 0.25) is 0 Å². The minimum atomic E-state index is 1.03. The summed E-state index contributed by atoms with van der Waals surface area (Å²) in [6.45, 7) is 8.49. The Hall–Kier alpha value is -1.82. The van der Waals surface area contributed by atoms with Gasteiger partial charge >= 0.3 is 0 Å². The monoisotopic (exact) mass is 222 g/mol. The molecule has 0 spiro atoms. The van der Waals surface area contributed by atoms with Crippen molar-refractivity contribution in [2.24, 2.45) is 0 Å². The molecule has 0 unspecified atom stereocenters. The van der Waals surface area contributed by atoms with Crippen molar-refractivity contribution in [2.45, 2.75) is 20.3 Å². The standard InChI is InChI=1S/C17H18/c1-4-15(16-11-7-5-9-13(16)2)17-12-8-6-10-14(17)3/h5-12H,2,4H2,1,3H3/b16-15-. The quantitative estimate of drug-likeness (QED) is 0.732. The van der Waals surface area contributed by atoms with Crippen LogP contribution < -0.4 is 10.4 Å². The maximum absolute atomic E-state index is 4.12. The summed E-state index contributed by atoms with van der Waals surface area (Å²) in [4.78, 5) is 0. The van der Waals surface area contributed by atoms with E-state index >= 15 is 0 Å². The van der Waals surface area contributed by atoms with E-state index in [9.17, 15) is 0 Å². The van der Waals surface area contributed by atoms with Crippen LogP contribution in [0, 0.1) is 6.92 Å². The molecule has 0 aliphatic carbocycles. The van der Waals surface area contributed by atoms with E-state index in [2.05, 4.69) is 62.9 Å². The molecule has 0 aliphatic heterocycles. The van der Waals surface area contributed by atoms with E-state index < -0.39 is 0 Å². The molecule has 2 aromatic rings. The number of hydrogen-bond donors (Lipinski definition) is 0. The Balaban J connectivity index is 2.80. The fourth-order valence-corrected chi connectivity index (χ4v) is 2.25. The van der Waals surface area contributed by atoms with Gasteiger partial charge in [-0.2, -0.15) is 0 Å². The summed E-state index contributed by atoms with van der Waals surface area (Å²) in [6.07, 6.45) is 1.03. The molecule has 0 heteroatoms. The second kappa shape index (κ2) is 5.01. The summed E-state index contributed by atoms with van der Waals surface area (Å²) >= 11 is 0. The third-order valence-corrected chi connectivity index (χ3v) is 3.17. The van der Waals surface area contributed by atoms with E-state index in [0.717, 1.165) is 11.6 Å². The number of hydrogen-bond acceptors (Lipinski definition) is 0. The highest BCUT2D eigenvalue weighted by molar-refractivity contribution is 5.67. The summed E-state index contributed by atoms with van der Waals surface area (Å²) in [6, 6.07) is 16.9. The molecule has 0 aliphatic rings. The molecule has 0 radical (unpaired) electrons. The van der Waals surface area contributed by atoms with Crippen molar-refractivity contribution in [3.63, 3.8) is 0 Å². The van der Waals surface area contributed by atoms with E-state index in [1.54, 1.807) is 0 Å². The van der Waals surface area contributed by atoms with Gasteiger partial charge in [0.25, 0.3) is 0 Å². The smallest absolute Gasteiger partial charge is 0.0152 e. The van der Waals surface area contributed by atoms with Crippen LogP contribution >= 0.6 is 0 Å². The zero-order chi connectivity index (χ0) is 12.3. The molecule has 0 amide bonds. The average molecular weight is 222 g/mol. The van der Waals surface area contributed by atoms with Crippen molar-refractivity contribution < 1.29 is 0 Å². The molecule has 0 N–H and O–H groups in total. The van der Waals surface area contributed by atoms with Gasteiger partial charge < -0.3 is 0 Å². The van der Waals surface area contributed by atoms with Gasteiger partial charge in [0.05, 0.1) is 0 Å². The Bertz CT molecular complexity index is 620. The van der Waals surface area contributed by atoms with Crippen LogP contribution in [-0.2, 0) is 0 Å². The normalized spacial score (nSPS) is 12.4. The van der Waals surface area contributed by atoms with Gasteiger partial charge in [-0.1, -0.05) is 62.0 Å². The number of benzene rings is 2. The molecule has 0 fully saturated rings. The van der Waals surface area contributed by atoms with Crippen LogP contribution in [0.5, 0.6) is 0 Å². The zero-order valence-electron chi connectivity index (χ0n) is 10.5. The highest BCUT2D eigenvalue weighted by atomic mass is 14.1. The molecule has 0 heterocycles. The first-order valence-electron chi connectivity index (χ1n) is 6.07. The Morgan fingerprint density at radius 2 is 1.65 bits per heavy atom. The molecule has 0 saturated carbocycles. The summed E-state index contributed by atoms with van der Waals surface area (Å²) in [7, 11) is 0. The average Bonchev–Trinajstić information content (AvgIpc) is 2.34. The highest BCUT2D eigenvalue weighted by Gasteiger charge is 2.03. The second-order valence-corrected chi connectivity index (χ2v) is 4.30. The van der Waals surface area contributed by atoms with E-state index in [1.165, 1.54) is 21.9 Å². The fraction of sp³-hybridized carbons (Fsp3) is 0.176. The Morgan fingerprint density at radius 3 is 2.29 bits per heavy atom. The molecule has 0 saturated heterocycles. The Labute approximate surface area is 103 Å². The van der Waals surface area contributed by atoms with Crippen molar-refractivity contribution in [1.29, 1.82) is 0 Å². The first kappa shape index (κ1) is 11.7. The predicted octanol–water partition coefficient (Wildman–Crippen LogP) is 3.01. The van der Waals surface area contributed by atoms with Crippen LogP contribution in [0.4, 0.5) is 0 Å². The van der Waals surface area contributed by atoms with E-state index in [0.29, 0.717) is 0 Å². The summed E-state index contributed by atoms with van der Waals surface area (Å²) in [5.74, 6) is 0. The molecule has 2 aromatic carbocycles. The lowest BCUT2D eigenvalue weighted by Gasteiger charge is -2.09. The van der Waals surface area contributed by atoms with Crippen molar-refractivity contribution in [3.05, 3.63) is 70.1 Å². The van der Waals surface area contributed by atoms with Crippen LogP contribution in [0.15, 0.2) is 48.5 Å². The van der Waals surface area contributed by atoms with Gasteiger partial charge in [0.2, 0.25) is 0 Å². The fourth-order valence-electron chi connectivity index (χ4n) is 2.25. The molecule has 0 atom stereocenters. The lowest BCUT2D eigenvalue weighted by Crippen LogP contribution is -2.25. The van der Waals surface area contributed by atoms with Crippen molar-refractivity contribution in [1.82, 2.24) is 0 Å². The minimum absolute atomic E-state index is 1.03. The van der Waals surface area contributed by atoms with Crippen molar-refractivity contribution in [2.75, 3.05) is 0 Å². The largest absolute Gasteiger partial charge is 0.0911 e. The molecular weight excluding hydrogens is 204 g/mol. The SMILES string of the molecule is C=c1cccc/c1=C(\CC)c1ccccc1C. The molecular formula is C17H18. The number of rotatable bonds is 2. The summed E-state index contributed by atoms with van der Waals surface area (Å²) in [5.41, 5.74) is 4.05. The van der Waals surface area contributed by atoms with Crippen LogP contribution in [0.1, 0.15) is 24.5 Å². The van der Waals surface area contributed by atoms with Gasteiger partial charge in [0.15, 0.2) is 0 Å². The lowest BCUT2D eigenvalue weighted by atomic mass is 9.96. The first-order chi connectivity index (χ1) is 8.24. The van der Waals surface area contributed by atoms with Gasteiger partial charge in [-0.05, 0) is 40.5 Å². The van der Waals surface area contributed by atoms with Gasteiger partial charge in [-0.15, -0.1) is 0 Å². The van der Waals surface area contributed by atoms with E-state index in [1.807, 2.05) is 6.07 Å². The molecule has 17 heavy (non-hydrogen) atoms. The minimum Gasteiger partial charge on any atom is -0.0911 e. The van der Waals surface area contributed by atoms with Gasteiger partial charge in [0, 0.05) is 0 Å².